The third kappa shape index (κ3) is 4.90. The van der Waals surface area contributed by atoms with Crippen molar-refractivity contribution < 1.29 is 9.59 Å². The summed E-state index contributed by atoms with van der Waals surface area (Å²) in [4.78, 5) is 40.4. The van der Waals surface area contributed by atoms with Crippen molar-refractivity contribution in [3.8, 4) is 0 Å². The van der Waals surface area contributed by atoms with E-state index in [2.05, 4.69) is 28.5 Å². The predicted octanol–water partition coefficient (Wildman–Crippen LogP) is 2.11. The first-order valence-electron chi connectivity index (χ1n) is 11.9. The largest absolute Gasteiger partial charge is 0.345 e. The molecule has 0 saturated carbocycles. The molecular formula is C23H37N5O2S. The molecule has 8 heteroatoms. The van der Waals surface area contributed by atoms with Crippen LogP contribution in [0.2, 0.25) is 0 Å². The van der Waals surface area contributed by atoms with E-state index in [-0.39, 0.29) is 17.7 Å². The Labute approximate surface area is 190 Å². The second-order valence-electron chi connectivity index (χ2n) is 9.73. The standard InChI is InChI=1S/C23H37N5O2S/c1-16(2)21(29)26-11-13-28(14-12-26)23-24-19-6-5-18(15-20(19)31-23)22(30)27-9-7-25(8-10-27)17(3)4/h16-18H,5-15H2,1-4H3. The number of thiazole rings is 1. The number of carbonyl (C=O) groups is 2. The number of piperazine rings is 2. The molecule has 1 atom stereocenters. The molecular weight excluding hydrogens is 410 g/mol. The Morgan fingerprint density at radius 1 is 0.935 bits per heavy atom. The van der Waals surface area contributed by atoms with E-state index in [0.717, 1.165) is 76.8 Å². The lowest BCUT2D eigenvalue weighted by Gasteiger charge is -2.38. The van der Waals surface area contributed by atoms with E-state index >= 15 is 0 Å². The smallest absolute Gasteiger partial charge is 0.226 e. The van der Waals surface area contributed by atoms with Crippen LogP contribution < -0.4 is 4.90 Å². The summed E-state index contributed by atoms with van der Waals surface area (Å²) in [6, 6.07) is 0.551. The Bertz CT molecular complexity index is 792. The van der Waals surface area contributed by atoms with Crippen LogP contribution in [-0.2, 0) is 22.4 Å². The number of hydrogen-bond donors (Lipinski definition) is 0. The topological polar surface area (TPSA) is 60.0 Å². The van der Waals surface area contributed by atoms with Gasteiger partial charge in [-0.05, 0) is 33.1 Å². The second kappa shape index (κ2) is 9.45. The van der Waals surface area contributed by atoms with Gasteiger partial charge < -0.3 is 14.7 Å². The highest BCUT2D eigenvalue weighted by atomic mass is 32.1. The number of rotatable bonds is 4. The zero-order valence-corrected chi connectivity index (χ0v) is 20.3. The van der Waals surface area contributed by atoms with Crippen molar-refractivity contribution in [3.63, 3.8) is 0 Å². The predicted molar refractivity (Wildman–Crippen MR) is 125 cm³/mol. The summed E-state index contributed by atoms with van der Waals surface area (Å²) in [6.07, 6.45) is 2.65. The zero-order chi connectivity index (χ0) is 22.1. The molecule has 3 aliphatic rings. The number of hydrogen-bond acceptors (Lipinski definition) is 6. The molecule has 0 spiro atoms. The van der Waals surface area contributed by atoms with Crippen molar-refractivity contribution in [1.29, 1.82) is 0 Å². The normalized spacial score (nSPS) is 22.9. The monoisotopic (exact) mass is 447 g/mol. The first-order chi connectivity index (χ1) is 14.8. The maximum absolute atomic E-state index is 13.1. The van der Waals surface area contributed by atoms with Crippen LogP contribution in [0.5, 0.6) is 0 Å². The van der Waals surface area contributed by atoms with Crippen molar-refractivity contribution in [2.45, 2.75) is 53.0 Å². The van der Waals surface area contributed by atoms with E-state index in [1.807, 2.05) is 18.7 Å². The van der Waals surface area contributed by atoms with Gasteiger partial charge in [-0.2, -0.15) is 0 Å². The van der Waals surface area contributed by atoms with Gasteiger partial charge in [0.1, 0.15) is 0 Å². The van der Waals surface area contributed by atoms with Crippen LogP contribution in [0.15, 0.2) is 0 Å². The first kappa shape index (κ1) is 22.5. The van der Waals surface area contributed by atoms with Crippen LogP contribution in [0.1, 0.15) is 44.7 Å². The highest BCUT2D eigenvalue weighted by molar-refractivity contribution is 7.15. The van der Waals surface area contributed by atoms with Crippen LogP contribution in [0.25, 0.3) is 0 Å². The lowest BCUT2D eigenvalue weighted by Crippen LogP contribution is -2.52. The van der Waals surface area contributed by atoms with Gasteiger partial charge in [0.15, 0.2) is 5.13 Å². The van der Waals surface area contributed by atoms with E-state index < -0.39 is 0 Å². The minimum Gasteiger partial charge on any atom is -0.345 e. The molecule has 31 heavy (non-hydrogen) atoms. The van der Waals surface area contributed by atoms with E-state index in [1.165, 1.54) is 10.6 Å². The highest BCUT2D eigenvalue weighted by Crippen LogP contribution is 2.35. The SMILES string of the molecule is CC(C)C(=O)N1CCN(c2nc3c(s2)CC(C(=O)N2CCN(C(C)C)CC2)CC3)CC1. The van der Waals surface area contributed by atoms with Gasteiger partial charge in [-0.1, -0.05) is 13.8 Å². The molecule has 3 heterocycles. The van der Waals surface area contributed by atoms with Crippen LogP contribution in [0.3, 0.4) is 0 Å². The zero-order valence-electron chi connectivity index (χ0n) is 19.5. The fraction of sp³-hybridized carbons (Fsp3) is 0.783. The van der Waals surface area contributed by atoms with Crippen LogP contribution in [0.4, 0.5) is 5.13 Å². The summed E-state index contributed by atoms with van der Waals surface area (Å²) in [5.74, 6) is 0.743. The van der Waals surface area contributed by atoms with Crippen LogP contribution in [0, 0.1) is 11.8 Å². The maximum Gasteiger partial charge on any atom is 0.226 e. The summed E-state index contributed by atoms with van der Waals surface area (Å²) < 4.78 is 0. The van der Waals surface area contributed by atoms with E-state index in [1.54, 1.807) is 11.3 Å². The molecule has 172 valence electrons. The Balaban J connectivity index is 1.33. The summed E-state index contributed by atoms with van der Waals surface area (Å²) in [5, 5.41) is 1.07. The molecule has 0 radical (unpaired) electrons. The maximum atomic E-state index is 13.1. The van der Waals surface area contributed by atoms with Gasteiger partial charge in [0, 0.05) is 75.1 Å². The van der Waals surface area contributed by atoms with Gasteiger partial charge in [-0.3, -0.25) is 14.5 Å². The van der Waals surface area contributed by atoms with E-state index in [9.17, 15) is 9.59 Å². The number of aryl methyl sites for hydroxylation is 1. The van der Waals surface area contributed by atoms with Gasteiger partial charge in [0.2, 0.25) is 11.8 Å². The number of fused-ring (bicyclic) bond motifs is 1. The molecule has 1 aromatic heterocycles. The lowest BCUT2D eigenvalue weighted by atomic mass is 9.90. The van der Waals surface area contributed by atoms with Crippen molar-refractivity contribution in [2.75, 3.05) is 57.3 Å². The minimum atomic E-state index is 0.0570. The molecule has 7 nitrogen and oxygen atoms in total. The van der Waals surface area contributed by atoms with Gasteiger partial charge in [-0.25, -0.2) is 4.98 Å². The molecule has 2 amide bonds. The molecule has 4 rings (SSSR count). The summed E-state index contributed by atoms with van der Waals surface area (Å²) in [6.45, 7) is 15.3. The quantitative estimate of drug-likeness (QED) is 0.708. The summed E-state index contributed by atoms with van der Waals surface area (Å²) >= 11 is 1.76. The second-order valence-corrected chi connectivity index (χ2v) is 10.8. The number of amides is 2. The van der Waals surface area contributed by atoms with E-state index in [0.29, 0.717) is 11.9 Å². The number of aromatic nitrogens is 1. The van der Waals surface area contributed by atoms with Crippen molar-refractivity contribution >= 4 is 28.3 Å². The van der Waals surface area contributed by atoms with Crippen LogP contribution in [-0.4, -0.2) is 89.9 Å². The Hall–Kier alpha value is -1.67. The fourth-order valence-corrected chi connectivity index (χ4v) is 6.15. The molecule has 2 fully saturated rings. The molecule has 0 N–H and O–H groups in total. The van der Waals surface area contributed by atoms with Crippen LogP contribution >= 0.6 is 11.3 Å². The minimum absolute atomic E-state index is 0.0570. The molecule has 2 saturated heterocycles. The summed E-state index contributed by atoms with van der Waals surface area (Å²) in [5.41, 5.74) is 1.19. The molecule has 0 bridgehead atoms. The fourth-order valence-electron chi connectivity index (χ4n) is 4.91. The molecule has 1 aliphatic carbocycles. The number of carbonyl (C=O) groups excluding carboxylic acids is 2. The van der Waals surface area contributed by atoms with Crippen molar-refractivity contribution in [2.24, 2.45) is 11.8 Å². The average molecular weight is 448 g/mol. The number of anilines is 1. The van der Waals surface area contributed by atoms with Gasteiger partial charge in [0.25, 0.3) is 0 Å². The Morgan fingerprint density at radius 2 is 1.58 bits per heavy atom. The molecule has 1 aromatic rings. The molecule has 0 aromatic carbocycles. The van der Waals surface area contributed by atoms with Crippen molar-refractivity contribution in [1.82, 2.24) is 19.7 Å². The third-order valence-corrected chi connectivity index (χ3v) is 8.17. The Kier molecular flexibility index (Phi) is 6.86. The Morgan fingerprint density at radius 3 is 2.19 bits per heavy atom. The van der Waals surface area contributed by atoms with Crippen molar-refractivity contribution in [3.05, 3.63) is 10.6 Å². The molecule has 2 aliphatic heterocycles. The lowest BCUT2D eigenvalue weighted by molar-refractivity contribution is -0.138. The third-order valence-electron chi connectivity index (χ3n) is 6.99. The van der Waals surface area contributed by atoms with Gasteiger partial charge >= 0.3 is 0 Å². The first-order valence-corrected chi connectivity index (χ1v) is 12.7. The van der Waals surface area contributed by atoms with E-state index in [4.69, 9.17) is 4.98 Å². The molecule has 1 unspecified atom stereocenters. The number of nitrogens with zero attached hydrogens (tertiary/aromatic N) is 5. The average Bonchev–Trinajstić information content (AvgIpc) is 3.21. The highest BCUT2D eigenvalue weighted by Gasteiger charge is 2.33. The van der Waals surface area contributed by atoms with Gasteiger partial charge in [-0.15, -0.1) is 11.3 Å². The summed E-state index contributed by atoms with van der Waals surface area (Å²) in [7, 11) is 0. The van der Waals surface area contributed by atoms with Gasteiger partial charge in [0.05, 0.1) is 5.69 Å².